The van der Waals surface area contributed by atoms with Crippen molar-refractivity contribution in [1.82, 2.24) is 0 Å². The number of benzene rings is 1. The molecule has 2 nitrogen and oxygen atoms in total. The van der Waals surface area contributed by atoms with E-state index in [1.54, 1.807) is 0 Å². The zero-order valence-corrected chi connectivity index (χ0v) is 19.4. The highest BCUT2D eigenvalue weighted by molar-refractivity contribution is 8.00. The van der Waals surface area contributed by atoms with Gasteiger partial charge in [0.25, 0.3) is 8.32 Å². The van der Waals surface area contributed by atoms with E-state index < -0.39 is 8.32 Å². The topological polar surface area (TPSA) is 26.3 Å². The Hall–Kier alpha value is -1.00. The van der Waals surface area contributed by atoms with Crippen LogP contribution in [0.25, 0.3) is 5.76 Å². The molecule has 1 aromatic carbocycles. The standard InChI is InChI=1S/C23H34O2SSi/c1-15(2)27(16(3)4,17(5)6)25-21-14-23(18-11-9-12-20(18)24)26-22-13-8-7-10-19(21)22/h7-8,10,13-18,23H,9,11-12H2,1-6H3. The van der Waals surface area contributed by atoms with Crippen LogP contribution in [0, 0.1) is 5.92 Å². The number of thioether (sulfide) groups is 1. The monoisotopic (exact) mass is 402 g/mol. The maximum Gasteiger partial charge on any atom is 0.258 e. The average Bonchev–Trinajstić information content (AvgIpc) is 3.04. The second-order valence-corrected chi connectivity index (χ2v) is 15.6. The Bertz CT molecular complexity index is 701. The maximum atomic E-state index is 12.4. The number of Topliss-reactive ketones (excluding diaryl/α,β-unsaturated/α-hetero) is 1. The highest BCUT2D eigenvalue weighted by atomic mass is 32.2. The van der Waals surface area contributed by atoms with Gasteiger partial charge in [-0.2, -0.15) is 0 Å². The predicted molar refractivity (Wildman–Crippen MR) is 119 cm³/mol. The van der Waals surface area contributed by atoms with Crippen molar-refractivity contribution in [2.75, 3.05) is 0 Å². The zero-order chi connectivity index (χ0) is 19.8. The summed E-state index contributed by atoms with van der Waals surface area (Å²) in [6.07, 6.45) is 5.09. The van der Waals surface area contributed by atoms with E-state index in [9.17, 15) is 4.79 Å². The van der Waals surface area contributed by atoms with E-state index in [1.165, 1.54) is 10.5 Å². The summed E-state index contributed by atoms with van der Waals surface area (Å²) in [5, 5.41) is 0.211. The van der Waals surface area contributed by atoms with Gasteiger partial charge in [0, 0.05) is 28.0 Å². The molecule has 0 N–H and O–H groups in total. The maximum absolute atomic E-state index is 12.4. The summed E-state index contributed by atoms with van der Waals surface area (Å²) in [5.74, 6) is 1.62. The largest absolute Gasteiger partial charge is 0.542 e. The van der Waals surface area contributed by atoms with Crippen molar-refractivity contribution in [2.45, 2.75) is 87.6 Å². The van der Waals surface area contributed by atoms with Crippen molar-refractivity contribution in [3.63, 3.8) is 0 Å². The summed E-state index contributed by atoms with van der Waals surface area (Å²) in [6.45, 7) is 14.0. The molecule has 148 valence electrons. The lowest BCUT2D eigenvalue weighted by atomic mass is 10.0. The first-order chi connectivity index (χ1) is 12.8. The molecular formula is C23H34O2SSi. The Morgan fingerprint density at radius 3 is 2.22 bits per heavy atom. The summed E-state index contributed by atoms with van der Waals surface area (Å²) >= 11 is 1.85. The second-order valence-electron chi connectivity index (χ2n) is 8.99. The number of ketones is 1. The molecule has 1 heterocycles. The fraction of sp³-hybridized carbons (Fsp3) is 0.609. The third-order valence-corrected chi connectivity index (χ3v) is 13.8. The van der Waals surface area contributed by atoms with Crippen LogP contribution in [0.15, 0.2) is 35.2 Å². The molecule has 0 bridgehead atoms. The number of rotatable bonds is 6. The molecule has 27 heavy (non-hydrogen) atoms. The van der Waals surface area contributed by atoms with Crippen LogP contribution in [-0.4, -0.2) is 19.4 Å². The van der Waals surface area contributed by atoms with Gasteiger partial charge < -0.3 is 4.43 Å². The van der Waals surface area contributed by atoms with Crippen LogP contribution in [0.1, 0.15) is 66.4 Å². The molecule has 0 aromatic heterocycles. The molecule has 0 radical (unpaired) electrons. The normalized spacial score (nSPS) is 23.1. The molecule has 1 saturated carbocycles. The van der Waals surface area contributed by atoms with Gasteiger partial charge in [-0.1, -0.05) is 59.7 Å². The van der Waals surface area contributed by atoms with E-state index in [1.807, 2.05) is 11.8 Å². The molecule has 3 rings (SSSR count). The molecule has 2 atom stereocenters. The van der Waals surface area contributed by atoms with E-state index in [0.29, 0.717) is 22.4 Å². The molecule has 1 aromatic rings. The van der Waals surface area contributed by atoms with E-state index in [4.69, 9.17) is 4.43 Å². The van der Waals surface area contributed by atoms with Crippen molar-refractivity contribution >= 4 is 31.6 Å². The molecule has 0 spiro atoms. The van der Waals surface area contributed by atoms with Gasteiger partial charge in [-0.25, -0.2) is 0 Å². The van der Waals surface area contributed by atoms with Crippen molar-refractivity contribution in [3.8, 4) is 0 Å². The van der Waals surface area contributed by atoms with Crippen LogP contribution in [0.2, 0.25) is 16.6 Å². The predicted octanol–water partition coefficient (Wildman–Crippen LogP) is 7.06. The van der Waals surface area contributed by atoms with Crippen LogP contribution < -0.4 is 0 Å². The smallest absolute Gasteiger partial charge is 0.258 e. The summed E-state index contributed by atoms with van der Waals surface area (Å²) in [4.78, 5) is 13.7. The molecule has 4 heteroatoms. The van der Waals surface area contributed by atoms with Gasteiger partial charge in [-0.05, 0) is 41.6 Å². The first-order valence-corrected chi connectivity index (χ1v) is 13.5. The molecule has 1 fully saturated rings. The summed E-state index contributed by atoms with van der Waals surface area (Å²) in [6, 6.07) is 8.56. The minimum Gasteiger partial charge on any atom is -0.542 e. The first-order valence-electron chi connectivity index (χ1n) is 10.5. The lowest BCUT2D eigenvalue weighted by molar-refractivity contribution is -0.120. The number of carbonyl (C=O) groups excluding carboxylic acids is 1. The number of hydrogen-bond donors (Lipinski definition) is 0. The molecule has 0 amide bonds. The van der Waals surface area contributed by atoms with Gasteiger partial charge in [0.05, 0.1) is 0 Å². The average molecular weight is 403 g/mol. The first kappa shape index (κ1) is 20.7. The highest BCUT2D eigenvalue weighted by Gasteiger charge is 2.48. The molecule has 1 aliphatic carbocycles. The van der Waals surface area contributed by atoms with Gasteiger partial charge in [0.15, 0.2) is 0 Å². The van der Waals surface area contributed by atoms with Crippen molar-refractivity contribution < 1.29 is 9.22 Å². The zero-order valence-electron chi connectivity index (χ0n) is 17.6. The molecule has 2 unspecified atom stereocenters. The summed E-state index contributed by atoms with van der Waals surface area (Å²) < 4.78 is 7.09. The van der Waals surface area contributed by atoms with E-state index in [0.717, 1.165) is 25.0 Å². The van der Waals surface area contributed by atoms with Crippen LogP contribution in [0.4, 0.5) is 0 Å². The van der Waals surface area contributed by atoms with Gasteiger partial charge in [-0.15, -0.1) is 11.8 Å². The quantitative estimate of drug-likeness (QED) is 0.476. The lowest BCUT2D eigenvalue weighted by Crippen LogP contribution is -2.47. The van der Waals surface area contributed by atoms with Crippen LogP contribution >= 0.6 is 11.8 Å². The van der Waals surface area contributed by atoms with Gasteiger partial charge in [-0.3, -0.25) is 4.79 Å². The SMILES string of the molecule is CC(C)[Si](OC1=CC(C2CCCC2=O)Sc2ccccc21)(C(C)C)C(C)C. The molecular weight excluding hydrogens is 368 g/mol. The summed E-state index contributed by atoms with van der Waals surface area (Å²) in [7, 11) is -2.03. The Balaban J connectivity index is 2.03. The van der Waals surface area contributed by atoms with Gasteiger partial charge >= 0.3 is 0 Å². The summed E-state index contributed by atoms with van der Waals surface area (Å²) in [5.41, 5.74) is 2.81. The molecule has 0 saturated heterocycles. The fourth-order valence-corrected chi connectivity index (χ4v) is 11.9. The molecule has 1 aliphatic heterocycles. The highest BCUT2D eigenvalue weighted by Crippen LogP contribution is 2.49. The van der Waals surface area contributed by atoms with E-state index >= 15 is 0 Å². The molecule has 2 aliphatic rings. The van der Waals surface area contributed by atoms with E-state index in [-0.39, 0.29) is 11.2 Å². The van der Waals surface area contributed by atoms with Gasteiger partial charge in [0.2, 0.25) is 0 Å². The minimum atomic E-state index is -2.03. The van der Waals surface area contributed by atoms with Crippen molar-refractivity contribution in [1.29, 1.82) is 0 Å². The van der Waals surface area contributed by atoms with E-state index in [2.05, 4.69) is 71.9 Å². The lowest BCUT2D eigenvalue weighted by Gasteiger charge is -2.44. The minimum absolute atomic E-state index is 0.148. The second kappa shape index (κ2) is 8.16. The third-order valence-electron chi connectivity index (χ3n) is 6.47. The Morgan fingerprint density at radius 2 is 1.67 bits per heavy atom. The third kappa shape index (κ3) is 3.80. The Labute approximate surface area is 170 Å². The Morgan fingerprint density at radius 1 is 1.04 bits per heavy atom. The van der Waals surface area contributed by atoms with Crippen molar-refractivity contribution in [2.24, 2.45) is 5.92 Å². The van der Waals surface area contributed by atoms with Crippen LogP contribution in [-0.2, 0) is 9.22 Å². The number of carbonyl (C=O) groups is 1. The number of hydrogen-bond acceptors (Lipinski definition) is 3. The number of fused-ring (bicyclic) bond motifs is 1. The fourth-order valence-electron chi connectivity index (χ4n) is 5.21. The van der Waals surface area contributed by atoms with Gasteiger partial charge in [0.1, 0.15) is 11.5 Å². The Kier molecular flexibility index (Phi) is 6.26. The van der Waals surface area contributed by atoms with Crippen LogP contribution in [0.3, 0.4) is 0 Å². The van der Waals surface area contributed by atoms with Crippen LogP contribution in [0.5, 0.6) is 0 Å². The van der Waals surface area contributed by atoms with Crippen molar-refractivity contribution in [3.05, 3.63) is 35.9 Å².